The van der Waals surface area contributed by atoms with Crippen LogP contribution < -0.4 is 22.5 Å². The van der Waals surface area contributed by atoms with Gasteiger partial charge in [-0.1, -0.05) is 36.0 Å². The molecule has 1 saturated carbocycles. The van der Waals surface area contributed by atoms with Gasteiger partial charge in [0.1, 0.15) is 17.2 Å². The summed E-state index contributed by atoms with van der Waals surface area (Å²) in [5, 5.41) is 0.367. The van der Waals surface area contributed by atoms with Crippen LogP contribution in [0.15, 0.2) is 68.1 Å². The maximum Gasteiger partial charge on any atom is 0.330 e. The van der Waals surface area contributed by atoms with E-state index >= 15 is 0 Å². The fourth-order valence-corrected chi connectivity index (χ4v) is 4.67. The zero-order valence-electron chi connectivity index (χ0n) is 17.7. The van der Waals surface area contributed by atoms with Crippen molar-refractivity contribution in [1.82, 2.24) is 19.1 Å². The molecule has 0 atom stereocenters. The first-order valence-electron chi connectivity index (χ1n) is 10.4. The molecule has 0 radical (unpaired) electrons. The number of anilines is 1. The number of ketones is 1. The number of fused-ring (bicyclic) bond motifs is 1. The molecule has 11 heteroatoms. The molecule has 0 aliphatic heterocycles. The normalized spacial score (nSPS) is 13.3. The Balaban J connectivity index is 1.57. The largest absolute Gasteiger partial charge is 0.384 e. The Morgan fingerprint density at radius 2 is 1.82 bits per heavy atom. The van der Waals surface area contributed by atoms with Gasteiger partial charge in [0.25, 0.3) is 11.1 Å². The number of rotatable bonds is 6. The van der Waals surface area contributed by atoms with E-state index in [1.54, 1.807) is 30.3 Å². The Bertz CT molecular complexity index is 1640. The highest BCUT2D eigenvalue weighted by atomic mass is 32.2. The van der Waals surface area contributed by atoms with Crippen molar-refractivity contribution >= 4 is 34.3 Å². The van der Waals surface area contributed by atoms with Crippen LogP contribution in [-0.2, 0) is 0 Å². The standard InChI is InChI=1S/C23H18FN5O4S/c24-14-6-2-4-8-16(14)29-21(32)13-5-1-3-7-15(13)26-23(29)34-11-17(30)18-19(25)28(12-9-10-12)22(33)27-20(18)31/h1-8,12H,9-11,25H2,(H,27,31,33). The number of aromatic nitrogens is 4. The van der Waals surface area contributed by atoms with Crippen molar-refractivity contribution in [3.8, 4) is 5.69 Å². The Kier molecular flexibility index (Phi) is 5.40. The lowest BCUT2D eigenvalue weighted by molar-refractivity contribution is 0.102. The Labute approximate surface area is 195 Å². The number of carbonyl (C=O) groups excluding carboxylic acids is 1. The van der Waals surface area contributed by atoms with Crippen molar-refractivity contribution in [1.29, 1.82) is 0 Å². The van der Waals surface area contributed by atoms with Crippen LogP contribution in [0.3, 0.4) is 0 Å². The van der Waals surface area contributed by atoms with Crippen molar-refractivity contribution in [3.05, 3.63) is 91.1 Å². The van der Waals surface area contributed by atoms with Crippen LogP contribution in [0.2, 0.25) is 0 Å². The third kappa shape index (κ3) is 3.73. The highest BCUT2D eigenvalue weighted by molar-refractivity contribution is 7.99. The molecule has 34 heavy (non-hydrogen) atoms. The number of nitrogens with zero attached hydrogens (tertiary/aromatic N) is 3. The van der Waals surface area contributed by atoms with Gasteiger partial charge < -0.3 is 5.73 Å². The summed E-state index contributed by atoms with van der Waals surface area (Å²) in [6, 6.07) is 12.2. The van der Waals surface area contributed by atoms with E-state index in [4.69, 9.17) is 5.73 Å². The van der Waals surface area contributed by atoms with Crippen LogP contribution >= 0.6 is 11.8 Å². The SMILES string of the molecule is Nc1c(C(=O)CSc2nc3ccccc3c(=O)n2-c2ccccc2F)c(=O)[nH]c(=O)n1C1CC1. The van der Waals surface area contributed by atoms with Crippen LogP contribution in [0.1, 0.15) is 29.2 Å². The summed E-state index contributed by atoms with van der Waals surface area (Å²) in [6.07, 6.45) is 1.46. The van der Waals surface area contributed by atoms with Crippen molar-refractivity contribution < 1.29 is 9.18 Å². The number of nitrogens with two attached hydrogens (primary N) is 1. The average Bonchev–Trinajstić information content (AvgIpc) is 3.63. The van der Waals surface area contributed by atoms with Gasteiger partial charge in [-0.3, -0.25) is 28.5 Å². The molecular formula is C23H18FN5O4S. The summed E-state index contributed by atoms with van der Waals surface area (Å²) in [5.74, 6) is -1.76. The maximum absolute atomic E-state index is 14.6. The van der Waals surface area contributed by atoms with E-state index in [0.717, 1.165) is 29.2 Å². The Hall–Kier alpha value is -3.99. The molecule has 2 aromatic carbocycles. The number of hydrogen-bond acceptors (Lipinski definition) is 7. The number of thioether (sulfide) groups is 1. The number of carbonyl (C=O) groups is 1. The first kappa shape index (κ1) is 21.8. The average molecular weight is 479 g/mol. The number of Topliss-reactive ketones (excluding diaryl/α,β-unsaturated/α-hetero) is 1. The second kappa shape index (κ2) is 8.41. The second-order valence-electron chi connectivity index (χ2n) is 7.84. The maximum atomic E-state index is 14.6. The minimum absolute atomic E-state index is 0.0136. The Morgan fingerprint density at radius 3 is 2.56 bits per heavy atom. The van der Waals surface area contributed by atoms with Gasteiger partial charge in [0.15, 0.2) is 10.9 Å². The van der Waals surface area contributed by atoms with E-state index < -0.39 is 28.4 Å². The van der Waals surface area contributed by atoms with E-state index in [-0.39, 0.29) is 34.0 Å². The van der Waals surface area contributed by atoms with E-state index in [1.165, 1.54) is 22.8 Å². The molecule has 1 aliphatic rings. The number of H-pyrrole nitrogens is 1. The zero-order valence-corrected chi connectivity index (χ0v) is 18.5. The molecule has 3 N–H and O–H groups in total. The summed E-state index contributed by atoms with van der Waals surface area (Å²) in [5.41, 5.74) is 4.06. The van der Waals surface area contributed by atoms with Gasteiger partial charge in [-0.25, -0.2) is 14.2 Å². The van der Waals surface area contributed by atoms with Crippen LogP contribution in [0.5, 0.6) is 0 Å². The lowest BCUT2D eigenvalue weighted by atomic mass is 10.2. The third-order valence-corrected chi connectivity index (χ3v) is 6.48. The van der Waals surface area contributed by atoms with Crippen molar-refractivity contribution in [2.45, 2.75) is 24.0 Å². The predicted molar refractivity (Wildman–Crippen MR) is 126 cm³/mol. The fourth-order valence-electron chi connectivity index (χ4n) is 3.79. The lowest BCUT2D eigenvalue weighted by Gasteiger charge is -2.14. The zero-order chi connectivity index (χ0) is 24.0. The van der Waals surface area contributed by atoms with Gasteiger partial charge in [0.2, 0.25) is 0 Å². The van der Waals surface area contributed by atoms with Gasteiger partial charge in [-0.15, -0.1) is 0 Å². The molecule has 0 unspecified atom stereocenters. The lowest BCUT2D eigenvalue weighted by Crippen LogP contribution is -2.36. The van der Waals surface area contributed by atoms with Gasteiger partial charge in [0, 0.05) is 6.04 Å². The van der Waals surface area contributed by atoms with E-state index in [0.29, 0.717) is 10.9 Å². The molecule has 9 nitrogen and oxygen atoms in total. The molecule has 0 saturated heterocycles. The first-order chi connectivity index (χ1) is 16.4. The molecule has 1 aliphatic carbocycles. The van der Waals surface area contributed by atoms with Crippen LogP contribution in [0.4, 0.5) is 10.2 Å². The topological polar surface area (TPSA) is 133 Å². The second-order valence-corrected chi connectivity index (χ2v) is 8.78. The first-order valence-corrected chi connectivity index (χ1v) is 11.4. The molecule has 2 aromatic heterocycles. The van der Waals surface area contributed by atoms with Gasteiger partial charge in [-0.05, 0) is 37.1 Å². The third-order valence-electron chi connectivity index (χ3n) is 5.54. The molecular weight excluding hydrogens is 461 g/mol. The van der Waals surface area contributed by atoms with Gasteiger partial charge in [-0.2, -0.15) is 0 Å². The van der Waals surface area contributed by atoms with Gasteiger partial charge in [0.05, 0.1) is 22.3 Å². The van der Waals surface area contributed by atoms with Crippen molar-refractivity contribution in [3.63, 3.8) is 0 Å². The number of aromatic amines is 1. The van der Waals surface area contributed by atoms with E-state index in [1.807, 2.05) is 0 Å². The van der Waals surface area contributed by atoms with Crippen LogP contribution in [-0.4, -0.2) is 30.6 Å². The number of nitrogen functional groups attached to an aromatic ring is 1. The quantitative estimate of drug-likeness (QED) is 0.246. The molecule has 1 fully saturated rings. The van der Waals surface area contributed by atoms with Crippen molar-refractivity contribution in [2.75, 3.05) is 11.5 Å². The number of halogens is 1. The Morgan fingerprint density at radius 1 is 1.12 bits per heavy atom. The summed E-state index contributed by atoms with van der Waals surface area (Å²) in [7, 11) is 0. The molecule has 4 aromatic rings. The molecule has 0 bridgehead atoms. The number of para-hydroxylation sites is 2. The number of benzene rings is 2. The fraction of sp³-hybridized carbons (Fsp3) is 0.174. The highest BCUT2D eigenvalue weighted by Crippen LogP contribution is 2.35. The molecule has 0 spiro atoms. The smallest absolute Gasteiger partial charge is 0.330 e. The summed E-state index contributed by atoms with van der Waals surface area (Å²) in [4.78, 5) is 57.3. The highest BCUT2D eigenvalue weighted by Gasteiger charge is 2.30. The van der Waals surface area contributed by atoms with E-state index in [2.05, 4.69) is 9.97 Å². The summed E-state index contributed by atoms with van der Waals surface area (Å²) >= 11 is 0.874. The minimum atomic E-state index is -0.872. The van der Waals surface area contributed by atoms with Gasteiger partial charge >= 0.3 is 5.69 Å². The molecule has 2 heterocycles. The van der Waals surface area contributed by atoms with Crippen LogP contribution in [0.25, 0.3) is 16.6 Å². The monoisotopic (exact) mass is 479 g/mol. The number of hydrogen-bond donors (Lipinski definition) is 2. The van der Waals surface area contributed by atoms with Crippen LogP contribution in [0, 0.1) is 5.82 Å². The van der Waals surface area contributed by atoms with Crippen molar-refractivity contribution in [2.24, 2.45) is 0 Å². The molecule has 5 rings (SSSR count). The molecule has 172 valence electrons. The minimum Gasteiger partial charge on any atom is -0.384 e. The van der Waals surface area contributed by atoms with E-state index in [9.17, 15) is 23.6 Å². The number of nitrogens with one attached hydrogen (secondary N) is 1. The molecule has 0 amide bonds. The predicted octanol–water partition coefficient (Wildman–Crippen LogP) is 2.27. The summed E-state index contributed by atoms with van der Waals surface area (Å²) < 4.78 is 16.9. The summed E-state index contributed by atoms with van der Waals surface area (Å²) in [6.45, 7) is 0.